The summed E-state index contributed by atoms with van der Waals surface area (Å²) in [6.45, 7) is 0. The summed E-state index contributed by atoms with van der Waals surface area (Å²) in [6, 6.07) is 21.4. The van der Waals surface area contributed by atoms with E-state index in [1.165, 1.54) is 21.5 Å². The molecule has 0 N–H and O–H groups in total. The van der Waals surface area contributed by atoms with E-state index in [4.69, 9.17) is 0 Å². The molecule has 0 aliphatic heterocycles. The number of fused-ring (bicyclic) bond motifs is 2. The summed E-state index contributed by atoms with van der Waals surface area (Å²) in [5, 5.41) is 5.25. The van der Waals surface area contributed by atoms with Crippen LogP contribution in [0.4, 0.5) is 0 Å². The van der Waals surface area contributed by atoms with Gasteiger partial charge in [-0.15, -0.1) is 0 Å². The summed E-state index contributed by atoms with van der Waals surface area (Å²) in [7, 11) is 0. The van der Waals surface area contributed by atoms with Gasteiger partial charge in [-0.25, -0.2) is 0 Å². The summed E-state index contributed by atoms with van der Waals surface area (Å²) >= 11 is 0. The molecule has 3 rings (SSSR count). The number of hydrogen-bond acceptors (Lipinski definition) is 0. The van der Waals surface area contributed by atoms with Crippen molar-refractivity contribution in [2.24, 2.45) is 0 Å². The Labute approximate surface area is 101 Å². The van der Waals surface area contributed by atoms with Gasteiger partial charge in [-0.2, -0.15) is 0 Å². The van der Waals surface area contributed by atoms with Gasteiger partial charge >= 0.3 is 18.9 Å². The van der Waals surface area contributed by atoms with Crippen molar-refractivity contribution >= 4 is 21.5 Å². The number of hydrogen-bond donors (Lipinski definition) is 0. The fraction of sp³-hybridized carbons (Fsp3) is 0. The minimum Gasteiger partial charge on any atom is -0.0616 e. The predicted octanol–water partition coefficient (Wildman–Crippen LogP) is 0.997. The fourth-order valence-corrected chi connectivity index (χ4v) is 1.88. The Hall–Kier alpha value is -1.22. The molecule has 0 aliphatic rings. The molecule has 0 atom stereocenters. The predicted molar refractivity (Wildman–Crippen MR) is 61.5 cm³/mol. The van der Waals surface area contributed by atoms with E-state index in [-0.39, 0.29) is 18.9 Å². The van der Waals surface area contributed by atoms with Crippen LogP contribution in [0.3, 0.4) is 0 Å². The van der Waals surface area contributed by atoms with Crippen LogP contribution in [-0.2, 0) is 0 Å². The smallest absolute Gasteiger partial charge is 0.0616 e. The van der Waals surface area contributed by atoms with Crippen LogP contribution in [-0.4, -0.2) is 0 Å². The van der Waals surface area contributed by atoms with Crippen LogP contribution in [0.5, 0.6) is 0 Å². The van der Waals surface area contributed by atoms with Gasteiger partial charge in [0.15, 0.2) is 0 Å². The van der Waals surface area contributed by atoms with Gasteiger partial charge in [-0.3, -0.25) is 0 Å². The van der Waals surface area contributed by atoms with E-state index in [2.05, 4.69) is 60.7 Å². The van der Waals surface area contributed by atoms with Crippen molar-refractivity contribution in [1.82, 2.24) is 0 Å². The molecule has 0 unspecified atom stereocenters. The molecule has 0 aromatic heterocycles. The minimum atomic E-state index is 0. The van der Waals surface area contributed by atoms with Gasteiger partial charge in [0.05, 0.1) is 0 Å². The maximum absolute atomic E-state index is 2.24. The van der Waals surface area contributed by atoms with E-state index >= 15 is 0 Å². The van der Waals surface area contributed by atoms with E-state index in [9.17, 15) is 0 Å². The van der Waals surface area contributed by atoms with Gasteiger partial charge in [-0.05, 0) is 33.7 Å². The molecule has 0 saturated heterocycles. The molecule has 3 aromatic carbocycles. The molecule has 0 nitrogen and oxygen atoms in total. The van der Waals surface area contributed by atoms with Gasteiger partial charge in [-0.1, -0.05) is 48.5 Å². The third-order valence-electron chi connectivity index (χ3n) is 2.61. The molecule has 0 amide bonds. The Morgan fingerprint density at radius 2 is 0.733 bits per heavy atom. The molecule has 0 fully saturated rings. The average Bonchev–Trinajstić information content (AvgIpc) is 2.26. The molecule has 0 aliphatic carbocycles. The van der Waals surface area contributed by atoms with Crippen LogP contribution >= 0.6 is 0 Å². The zero-order valence-electron chi connectivity index (χ0n) is 8.77. The monoisotopic (exact) mass is 185 g/mol. The molecule has 0 radical (unpaired) electrons. The summed E-state index contributed by atoms with van der Waals surface area (Å²) in [4.78, 5) is 0. The van der Waals surface area contributed by atoms with Crippen LogP contribution in [0.1, 0.15) is 0 Å². The van der Waals surface area contributed by atoms with E-state index in [0.717, 1.165) is 0 Å². The van der Waals surface area contributed by atoms with E-state index in [1.54, 1.807) is 0 Å². The van der Waals surface area contributed by atoms with Crippen molar-refractivity contribution in [3.63, 3.8) is 0 Å². The van der Waals surface area contributed by atoms with Crippen molar-refractivity contribution < 1.29 is 18.9 Å². The van der Waals surface area contributed by atoms with E-state index < -0.39 is 0 Å². The molecule has 0 spiro atoms. The summed E-state index contributed by atoms with van der Waals surface area (Å²) in [5.74, 6) is 0. The first-order valence-electron chi connectivity index (χ1n) is 4.81. The maximum Gasteiger partial charge on any atom is 1.00 e. The summed E-state index contributed by atoms with van der Waals surface area (Å²) in [5.41, 5.74) is 0. The Morgan fingerprint density at radius 3 is 1.00 bits per heavy atom. The van der Waals surface area contributed by atoms with Gasteiger partial charge < -0.3 is 0 Å². The molecule has 66 valence electrons. The molecule has 0 bridgehead atoms. The van der Waals surface area contributed by atoms with Crippen molar-refractivity contribution in [2.75, 3.05) is 0 Å². The summed E-state index contributed by atoms with van der Waals surface area (Å²) in [6.07, 6.45) is 0. The minimum absolute atomic E-state index is 0. The first-order valence-corrected chi connectivity index (χ1v) is 4.81. The zero-order chi connectivity index (χ0) is 9.38. The standard InChI is InChI=1S/C14H10.Li/c1-2-6-12-10-14-8-4-3-7-13(14)9-11(12)5-1;/h1-10H;/q;+1. The average molecular weight is 185 g/mol. The normalized spacial score (nSPS) is 10.1. The van der Waals surface area contributed by atoms with Gasteiger partial charge in [0.2, 0.25) is 0 Å². The first kappa shape index (κ1) is 10.3. The number of rotatable bonds is 0. The topological polar surface area (TPSA) is 0 Å². The number of benzene rings is 3. The van der Waals surface area contributed by atoms with Gasteiger partial charge in [0.1, 0.15) is 0 Å². The first-order chi connectivity index (χ1) is 6.93. The Morgan fingerprint density at radius 1 is 0.467 bits per heavy atom. The quantitative estimate of drug-likeness (QED) is 0.362. The molecular weight excluding hydrogens is 175 g/mol. The van der Waals surface area contributed by atoms with Crippen LogP contribution in [0, 0.1) is 0 Å². The van der Waals surface area contributed by atoms with E-state index in [1.807, 2.05) is 0 Å². The molecule has 0 heterocycles. The molecule has 3 aromatic rings. The molecular formula is C14H10Li+. The third kappa shape index (κ3) is 1.79. The molecule has 1 heteroatoms. The van der Waals surface area contributed by atoms with Crippen LogP contribution in [0.2, 0.25) is 0 Å². The van der Waals surface area contributed by atoms with E-state index in [0.29, 0.717) is 0 Å². The molecule has 15 heavy (non-hydrogen) atoms. The maximum atomic E-state index is 2.24. The largest absolute Gasteiger partial charge is 1.00 e. The van der Waals surface area contributed by atoms with Crippen LogP contribution < -0.4 is 18.9 Å². The Kier molecular flexibility index (Phi) is 2.82. The Bertz CT molecular complexity index is 494. The van der Waals surface area contributed by atoms with Crippen molar-refractivity contribution in [2.45, 2.75) is 0 Å². The second-order valence-electron chi connectivity index (χ2n) is 3.55. The van der Waals surface area contributed by atoms with Crippen molar-refractivity contribution in [3.8, 4) is 0 Å². The Balaban J connectivity index is 0.000000853. The van der Waals surface area contributed by atoms with Crippen LogP contribution in [0.25, 0.3) is 21.5 Å². The summed E-state index contributed by atoms with van der Waals surface area (Å²) < 4.78 is 0. The third-order valence-corrected chi connectivity index (χ3v) is 2.61. The SMILES string of the molecule is [Li+].c1ccc2cc3ccccc3cc2c1. The zero-order valence-corrected chi connectivity index (χ0v) is 8.77. The van der Waals surface area contributed by atoms with Crippen molar-refractivity contribution in [3.05, 3.63) is 60.7 Å². The van der Waals surface area contributed by atoms with Crippen molar-refractivity contribution in [1.29, 1.82) is 0 Å². The molecule has 0 saturated carbocycles. The van der Waals surface area contributed by atoms with Crippen LogP contribution in [0.15, 0.2) is 60.7 Å². The second-order valence-corrected chi connectivity index (χ2v) is 3.55. The fourth-order valence-electron chi connectivity index (χ4n) is 1.88. The second kappa shape index (κ2) is 4.11. The van der Waals surface area contributed by atoms with Gasteiger partial charge in [0, 0.05) is 0 Å². The van der Waals surface area contributed by atoms with Gasteiger partial charge in [0.25, 0.3) is 0 Å².